The van der Waals surface area contributed by atoms with Gasteiger partial charge < -0.3 is 25.4 Å². The van der Waals surface area contributed by atoms with Gasteiger partial charge in [0.25, 0.3) is 5.69 Å². The van der Waals surface area contributed by atoms with Crippen LogP contribution in [-0.2, 0) is 19.1 Å². The molecule has 0 aliphatic carbocycles. The smallest absolute Gasteiger partial charge is 0.408 e. The van der Waals surface area contributed by atoms with Crippen LogP contribution in [0, 0.1) is 10.1 Å². The number of ether oxygens (including phenoxy) is 2. The molecule has 1 atom stereocenters. The van der Waals surface area contributed by atoms with E-state index in [0.29, 0.717) is 5.69 Å². The molecule has 3 N–H and O–H groups in total. The van der Waals surface area contributed by atoms with E-state index in [-0.39, 0.29) is 24.2 Å². The molecule has 0 unspecified atom stereocenters. The second-order valence-electron chi connectivity index (χ2n) is 7.05. The summed E-state index contributed by atoms with van der Waals surface area (Å²) in [6.45, 7) is 5.02. The first-order chi connectivity index (χ1) is 13.5. The number of nitrogens with one attached hydrogen (secondary N) is 3. The lowest BCUT2D eigenvalue weighted by atomic mass is 10.1. The molecule has 0 radical (unpaired) electrons. The standard InChI is InChI=1S/C18H26N4O7/c1-18(2,3)29-17(25)21-13(16(24)28-5)8-9-15(23)20-14-10-11(22(26)27)6-7-12(14)19-4/h6-7,10,13,19H,8-9H2,1-5H3,(H,20,23)(H,21,25)/t13-/m1/s1. The maximum atomic E-state index is 12.3. The number of nitro benzene ring substituents is 1. The Balaban J connectivity index is 2.79. The minimum atomic E-state index is -1.09. The summed E-state index contributed by atoms with van der Waals surface area (Å²) in [4.78, 5) is 46.4. The molecule has 0 heterocycles. The van der Waals surface area contributed by atoms with Gasteiger partial charge in [0.15, 0.2) is 0 Å². The zero-order valence-corrected chi connectivity index (χ0v) is 17.0. The monoisotopic (exact) mass is 410 g/mol. The summed E-state index contributed by atoms with van der Waals surface area (Å²) >= 11 is 0. The van der Waals surface area contributed by atoms with Crippen molar-refractivity contribution in [2.45, 2.75) is 45.3 Å². The molecular weight excluding hydrogens is 384 g/mol. The van der Waals surface area contributed by atoms with E-state index in [1.54, 1.807) is 27.8 Å². The molecule has 0 saturated heterocycles. The molecular formula is C18H26N4O7. The normalized spacial score (nSPS) is 11.8. The van der Waals surface area contributed by atoms with Crippen molar-refractivity contribution in [3.05, 3.63) is 28.3 Å². The number of methoxy groups -OCH3 is 1. The van der Waals surface area contributed by atoms with Gasteiger partial charge in [-0.1, -0.05) is 0 Å². The summed E-state index contributed by atoms with van der Waals surface area (Å²) in [6.07, 6.45) is -1.02. The van der Waals surface area contributed by atoms with Crippen LogP contribution in [0.15, 0.2) is 18.2 Å². The summed E-state index contributed by atoms with van der Waals surface area (Å²) in [6, 6.07) is 2.91. The number of anilines is 2. The molecule has 1 aromatic rings. The number of non-ortho nitro benzene ring substituents is 1. The van der Waals surface area contributed by atoms with Crippen LogP contribution in [0.3, 0.4) is 0 Å². The number of nitro groups is 1. The molecule has 0 aromatic heterocycles. The summed E-state index contributed by atoms with van der Waals surface area (Å²) in [5.41, 5.74) is -0.228. The third-order valence-corrected chi connectivity index (χ3v) is 3.59. The lowest BCUT2D eigenvalue weighted by Gasteiger charge is -2.22. The average molecular weight is 410 g/mol. The van der Waals surface area contributed by atoms with Crippen LogP contribution in [0.4, 0.5) is 21.9 Å². The molecule has 0 fully saturated rings. The van der Waals surface area contributed by atoms with Crippen LogP contribution in [0.25, 0.3) is 0 Å². The molecule has 29 heavy (non-hydrogen) atoms. The number of hydrogen-bond acceptors (Lipinski definition) is 8. The SMILES string of the molecule is CNc1ccc([N+](=O)[O-])cc1NC(=O)CC[C@@H](NC(=O)OC(C)(C)C)C(=O)OC. The van der Waals surface area contributed by atoms with Crippen LogP contribution in [0.1, 0.15) is 33.6 Å². The summed E-state index contributed by atoms with van der Waals surface area (Å²) < 4.78 is 9.75. The summed E-state index contributed by atoms with van der Waals surface area (Å²) in [7, 11) is 2.77. The Bertz CT molecular complexity index is 774. The van der Waals surface area contributed by atoms with Gasteiger partial charge in [0.05, 0.1) is 23.4 Å². The lowest BCUT2D eigenvalue weighted by Crippen LogP contribution is -2.44. The van der Waals surface area contributed by atoms with Crippen molar-refractivity contribution >= 4 is 35.0 Å². The molecule has 11 heteroatoms. The van der Waals surface area contributed by atoms with Gasteiger partial charge in [0.2, 0.25) is 5.91 Å². The predicted molar refractivity (Wildman–Crippen MR) is 106 cm³/mol. The largest absolute Gasteiger partial charge is 0.467 e. The van der Waals surface area contributed by atoms with Crippen LogP contribution >= 0.6 is 0 Å². The van der Waals surface area contributed by atoms with E-state index < -0.39 is 34.5 Å². The van der Waals surface area contributed by atoms with E-state index in [0.717, 1.165) is 7.11 Å². The Labute approximate surface area is 168 Å². The fraction of sp³-hybridized carbons (Fsp3) is 0.500. The predicted octanol–water partition coefficient (Wildman–Crippen LogP) is 2.42. The van der Waals surface area contributed by atoms with Gasteiger partial charge in [-0.15, -0.1) is 0 Å². The van der Waals surface area contributed by atoms with Crippen molar-refractivity contribution in [1.29, 1.82) is 0 Å². The lowest BCUT2D eigenvalue weighted by molar-refractivity contribution is -0.384. The fourth-order valence-electron chi connectivity index (χ4n) is 2.30. The summed E-state index contributed by atoms with van der Waals surface area (Å²) in [5.74, 6) is -1.23. The van der Waals surface area contributed by atoms with Crippen molar-refractivity contribution in [2.75, 3.05) is 24.8 Å². The highest BCUT2D eigenvalue weighted by Crippen LogP contribution is 2.27. The van der Waals surface area contributed by atoms with Crippen molar-refractivity contribution in [3.63, 3.8) is 0 Å². The van der Waals surface area contributed by atoms with Gasteiger partial charge in [-0.3, -0.25) is 14.9 Å². The Kier molecular flexibility index (Phi) is 8.37. The number of carbonyl (C=O) groups excluding carboxylic acids is 3. The number of benzene rings is 1. The van der Waals surface area contributed by atoms with Gasteiger partial charge in [-0.25, -0.2) is 9.59 Å². The Hall–Kier alpha value is -3.37. The topological polar surface area (TPSA) is 149 Å². The maximum Gasteiger partial charge on any atom is 0.408 e. The van der Waals surface area contributed by atoms with Gasteiger partial charge in [-0.05, 0) is 33.3 Å². The molecule has 0 saturated carbocycles. The van der Waals surface area contributed by atoms with Crippen molar-refractivity contribution < 1.29 is 28.8 Å². The van der Waals surface area contributed by atoms with Crippen molar-refractivity contribution in [1.82, 2.24) is 5.32 Å². The first kappa shape index (κ1) is 23.7. The quantitative estimate of drug-likeness (QED) is 0.336. The van der Waals surface area contributed by atoms with E-state index in [1.165, 1.54) is 18.2 Å². The second kappa shape index (κ2) is 10.2. The number of amides is 2. The Morgan fingerprint density at radius 2 is 1.86 bits per heavy atom. The van der Waals surface area contributed by atoms with Crippen LogP contribution in [0.5, 0.6) is 0 Å². The number of alkyl carbamates (subject to hydrolysis) is 1. The molecule has 11 nitrogen and oxygen atoms in total. The minimum Gasteiger partial charge on any atom is -0.467 e. The fourth-order valence-corrected chi connectivity index (χ4v) is 2.30. The van der Waals surface area contributed by atoms with E-state index in [9.17, 15) is 24.5 Å². The van der Waals surface area contributed by atoms with Gasteiger partial charge in [-0.2, -0.15) is 0 Å². The maximum absolute atomic E-state index is 12.3. The molecule has 1 aromatic carbocycles. The van der Waals surface area contributed by atoms with Crippen LogP contribution in [-0.4, -0.2) is 48.7 Å². The number of esters is 1. The number of carbonyl (C=O) groups is 3. The highest BCUT2D eigenvalue weighted by molar-refractivity contribution is 5.95. The molecule has 160 valence electrons. The number of hydrogen-bond donors (Lipinski definition) is 3. The first-order valence-corrected chi connectivity index (χ1v) is 8.80. The van der Waals surface area contributed by atoms with Gasteiger partial charge in [0.1, 0.15) is 11.6 Å². The average Bonchev–Trinajstić information content (AvgIpc) is 2.62. The number of rotatable bonds is 8. The van der Waals surface area contributed by atoms with Crippen molar-refractivity contribution in [2.24, 2.45) is 0 Å². The van der Waals surface area contributed by atoms with Gasteiger partial charge in [0, 0.05) is 25.6 Å². The highest BCUT2D eigenvalue weighted by Gasteiger charge is 2.25. The van der Waals surface area contributed by atoms with Crippen molar-refractivity contribution in [3.8, 4) is 0 Å². The third kappa shape index (κ3) is 8.03. The third-order valence-electron chi connectivity index (χ3n) is 3.59. The molecule has 0 aliphatic rings. The molecule has 0 bridgehead atoms. The first-order valence-electron chi connectivity index (χ1n) is 8.80. The highest BCUT2D eigenvalue weighted by atomic mass is 16.6. The van der Waals surface area contributed by atoms with E-state index >= 15 is 0 Å². The molecule has 0 spiro atoms. The molecule has 0 aliphatic heterocycles. The van der Waals surface area contributed by atoms with E-state index in [1.807, 2.05) is 0 Å². The van der Waals surface area contributed by atoms with Crippen LogP contribution < -0.4 is 16.0 Å². The van der Waals surface area contributed by atoms with Crippen LogP contribution in [0.2, 0.25) is 0 Å². The second-order valence-corrected chi connectivity index (χ2v) is 7.05. The van der Waals surface area contributed by atoms with E-state index in [4.69, 9.17) is 4.74 Å². The Morgan fingerprint density at radius 1 is 1.21 bits per heavy atom. The molecule has 2 amide bonds. The van der Waals surface area contributed by atoms with E-state index in [2.05, 4.69) is 20.7 Å². The zero-order valence-electron chi connectivity index (χ0n) is 17.0. The minimum absolute atomic E-state index is 0.0540. The zero-order chi connectivity index (χ0) is 22.2. The number of nitrogens with zero attached hydrogens (tertiary/aromatic N) is 1. The van der Waals surface area contributed by atoms with Gasteiger partial charge >= 0.3 is 12.1 Å². The molecule has 1 rings (SSSR count). The summed E-state index contributed by atoms with van der Waals surface area (Å²) in [5, 5.41) is 18.7. The Morgan fingerprint density at radius 3 is 2.38 bits per heavy atom.